The van der Waals surface area contributed by atoms with Crippen molar-refractivity contribution in [2.24, 2.45) is 0 Å². The number of allylic oxidation sites excluding steroid dienone is 2. The van der Waals surface area contributed by atoms with Crippen molar-refractivity contribution in [2.75, 3.05) is 19.8 Å². The molecule has 3 N–H and O–H groups in total. The van der Waals surface area contributed by atoms with Crippen LogP contribution in [0.15, 0.2) is 23.5 Å². The van der Waals surface area contributed by atoms with E-state index in [1.807, 2.05) is 0 Å². The number of nitrogens with one attached hydrogen (secondary N) is 2. The summed E-state index contributed by atoms with van der Waals surface area (Å²) in [5.74, 6) is -1.88. The van der Waals surface area contributed by atoms with Crippen LogP contribution in [-0.4, -0.2) is 78.4 Å². The maximum Gasteiger partial charge on any atom is 0.332 e. The molecular weight excluding hydrogens is 363 g/mol. The van der Waals surface area contributed by atoms with Crippen molar-refractivity contribution in [3.05, 3.63) is 23.5 Å². The van der Waals surface area contributed by atoms with Crippen molar-refractivity contribution in [3.8, 4) is 0 Å². The quantitative estimate of drug-likeness (QED) is 0.186. The van der Waals surface area contributed by atoms with Crippen LogP contribution >= 0.6 is 0 Å². The van der Waals surface area contributed by atoms with Gasteiger partial charge >= 0.3 is 17.9 Å². The maximum atomic E-state index is 11.4. The van der Waals surface area contributed by atoms with Crippen molar-refractivity contribution in [1.82, 2.24) is 10.6 Å². The number of esters is 2. The Kier molecular flexibility index (Phi) is 17.1. The molecule has 0 rings (SSSR count). The smallest absolute Gasteiger partial charge is 0.332 e. The second-order valence-electron chi connectivity index (χ2n) is 5.62. The normalized spacial score (nSPS) is 12.4. The van der Waals surface area contributed by atoms with Crippen molar-refractivity contribution in [3.63, 3.8) is 0 Å². The summed E-state index contributed by atoms with van der Waals surface area (Å²) in [6, 6.07) is -0.781. The zero-order valence-electron chi connectivity index (χ0n) is 17.0. The van der Waals surface area contributed by atoms with E-state index in [1.54, 1.807) is 27.7 Å². The SMILES string of the molecule is CCOC(=O)C=C(C)NCCCC[C@H](NC(C)=CC(=O)OCC)C(=O)O.[Na]. The molecule has 8 nitrogen and oxygen atoms in total. The summed E-state index contributed by atoms with van der Waals surface area (Å²) < 4.78 is 9.59. The Morgan fingerprint density at radius 1 is 0.963 bits per heavy atom. The number of unbranched alkanes of at least 4 members (excludes halogenated alkanes) is 1. The predicted molar refractivity (Wildman–Crippen MR) is 103 cm³/mol. The molecule has 0 saturated carbocycles. The summed E-state index contributed by atoms with van der Waals surface area (Å²) in [6.45, 7) is 8.04. The average Bonchev–Trinajstić information content (AvgIpc) is 2.53. The molecule has 1 radical (unpaired) electrons. The van der Waals surface area contributed by atoms with Crippen LogP contribution in [0.4, 0.5) is 0 Å². The standard InChI is InChI=1S/C18H30N2O6.Na/c1-5-25-16(21)11-13(3)19-10-8-7-9-15(18(23)24)20-14(4)12-17(22)26-6-2;/h11-12,15,19-20H,5-10H2,1-4H3,(H,23,24);/t15-;/m0./s1. The van der Waals surface area contributed by atoms with E-state index in [4.69, 9.17) is 9.47 Å². The van der Waals surface area contributed by atoms with E-state index >= 15 is 0 Å². The molecule has 0 aliphatic heterocycles. The van der Waals surface area contributed by atoms with E-state index in [-0.39, 0.29) is 36.2 Å². The fourth-order valence-electron chi connectivity index (χ4n) is 2.11. The Bertz CT molecular complexity index is 534. The van der Waals surface area contributed by atoms with Gasteiger partial charge in [0.25, 0.3) is 0 Å². The molecule has 0 heterocycles. The summed E-state index contributed by atoms with van der Waals surface area (Å²) in [5, 5.41) is 15.2. The minimum Gasteiger partial charge on any atom is -0.480 e. The first-order chi connectivity index (χ1) is 12.3. The van der Waals surface area contributed by atoms with Gasteiger partial charge in [0.05, 0.1) is 13.2 Å². The van der Waals surface area contributed by atoms with Crippen LogP contribution in [0.5, 0.6) is 0 Å². The molecule has 27 heavy (non-hydrogen) atoms. The Labute approximate surface area is 183 Å². The van der Waals surface area contributed by atoms with E-state index in [9.17, 15) is 19.5 Å². The first-order valence-electron chi connectivity index (χ1n) is 8.73. The minimum atomic E-state index is -0.979. The van der Waals surface area contributed by atoms with Gasteiger partial charge in [-0.05, 0) is 47.0 Å². The van der Waals surface area contributed by atoms with Gasteiger partial charge in [-0.1, -0.05) is 0 Å². The second-order valence-corrected chi connectivity index (χ2v) is 5.62. The molecule has 149 valence electrons. The number of ether oxygens (including phenoxy) is 2. The van der Waals surface area contributed by atoms with Gasteiger partial charge in [-0.2, -0.15) is 0 Å². The molecule has 9 heteroatoms. The molecule has 0 saturated heterocycles. The molecule has 0 aromatic rings. The predicted octanol–water partition coefficient (Wildman–Crippen LogP) is 1.34. The van der Waals surface area contributed by atoms with E-state index in [0.29, 0.717) is 37.4 Å². The number of carbonyl (C=O) groups excluding carboxylic acids is 2. The number of carbonyl (C=O) groups is 3. The second kappa shape index (κ2) is 16.6. The molecule has 0 spiro atoms. The Hall–Kier alpha value is -1.51. The molecule has 0 amide bonds. The Morgan fingerprint density at radius 2 is 1.48 bits per heavy atom. The number of aliphatic carboxylic acids is 1. The molecule has 0 aliphatic carbocycles. The van der Waals surface area contributed by atoms with E-state index in [2.05, 4.69) is 10.6 Å². The third-order valence-corrected chi connectivity index (χ3v) is 3.27. The molecule has 0 bridgehead atoms. The molecule has 1 atom stereocenters. The van der Waals surface area contributed by atoms with Crippen molar-refractivity contribution < 1.29 is 29.0 Å². The Balaban J connectivity index is 0. The molecular formula is C18H30N2NaO6. The summed E-state index contributed by atoms with van der Waals surface area (Å²) in [5.41, 5.74) is 1.15. The van der Waals surface area contributed by atoms with Crippen LogP contribution in [-0.2, 0) is 23.9 Å². The summed E-state index contributed by atoms with van der Waals surface area (Å²) in [6.07, 6.45) is 4.43. The third kappa shape index (κ3) is 15.3. The van der Waals surface area contributed by atoms with Crippen LogP contribution in [0.3, 0.4) is 0 Å². The fourth-order valence-corrected chi connectivity index (χ4v) is 2.11. The van der Waals surface area contributed by atoms with Crippen LogP contribution in [0.25, 0.3) is 0 Å². The van der Waals surface area contributed by atoms with Gasteiger partial charge < -0.3 is 25.2 Å². The van der Waals surface area contributed by atoms with E-state index in [1.165, 1.54) is 12.2 Å². The number of carboxylic acids is 1. The van der Waals surface area contributed by atoms with E-state index in [0.717, 1.165) is 6.42 Å². The van der Waals surface area contributed by atoms with Crippen LogP contribution < -0.4 is 10.6 Å². The van der Waals surface area contributed by atoms with E-state index < -0.39 is 23.9 Å². The molecule has 0 aromatic carbocycles. The van der Waals surface area contributed by atoms with Gasteiger partial charge in [-0.3, -0.25) is 0 Å². The van der Waals surface area contributed by atoms with Crippen molar-refractivity contribution >= 4 is 47.5 Å². The molecule has 0 aliphatic rings. The monoisotopic (exact) mass is 393 g/mol. The van der Waals surface area contributed by atoms with Gasteiger partial charge in [0.15, 0.2) is 0 Å². The summed E-state index contributed by atoms with van der Waals surface area (Å²) >= 11 is 0. The number of hydrogen-bond acceptors (Lipinski definition) is 7. The van der Waals surface area contributed by atoms with Crippen LogP contribution in [0.1, 0.15) is 47.0 Å². The summed E-state index contributed by atoms with van der Waals surface area (Å²) in [7, 11) is 0. The zero-order chi connectivity index (χ0) is 19.9. The minimum absolute atomic E-state index is 0. The van der Waals surface area contributed by atoms with Gasteiger partial charge in [-0.15, -0.1) is 0 Å². The fraction of sp³-hybridized carbons (Fsp3) is 0.611. The topological polar surface area (TPSA) is 114 Å². The maximum absolute atomic E-state index is 11.4. The number of rotatable bonds is 13. The average molecular weight is 393 g/mol. The van der Waals surface area contributed by atoms with Gasteiger partial charge in [-0.25, -0.2) is 14.4 Å². The van der Waals surface area contributed by atoms with Gasteiger partial charge in [0.2, 0.25) is 0 Å². The summed E-state index contributed by atoms with van der Waals surface area (Å²) in [4.78, 5) is 33.9. The van der Waals surface area contributed by atoms with Crippen LogP contribution in [0, 0.1) is 0 Å². The van der Waals surface area contributed by atoms with Crippen molar-refractivity contribution in [2.45, 2.75) is 53.0 Å². The van der Waals surface area contributed by atoms with Crippen LogP contribution in [0.2, 0.25) is 0 Å². The van der Waals surface area contributed by atoms with Crippen molar-refractivity contribution in [1.29, 1.82) is 0 Å². The van der Waals surface area contributed by atoms with Gasteiger partial charge in [0, 0.05) is 59.6 Å². The molecule has 0 aromatic heterocycles. The number of carboxylic acid groups (broad SMARTS) is 1. The third-order valence-electron chi connectivity index (χ3n) is 3.27. The van der Waals surface area contributed by atoms with Gasteiger partial charge in [0.1, 0.15) is 6.04 Å². The Morgan fingerprint density at radius 3 is 1.96 bits per heavy atom. The molecule has 0 unspecified atom stereocenters. The first-order valence-corrected chi connectivity index (χ1v) is 8.73. The largest absolute Gasteiger partial charge is 0.480 e. The molecule has 0 fully saturated rings. The number of hydrogen-bond donors (Lipinski definition) is 3. The zero-order valence-corrected chi connectivity index (χ0v) is 19.0. The first kappa shape index (κ1) is 27.7.